The molecule has 2 rings (SSSR count). The van der Waals surface area contributed by atoms with E-state index in [1.165, 1.54) is 0 Å². The first kappa shape index (κ1) is 15.2. The number of nitrogens with zero attached hydrogens (tertiary/aromatic N) is 6. The molecule has 0 spiro atoms. The Morgan fingerprint density at radius 3 is 2.52 bits per heavy atom. The lowest BCUT2D eigenvalue weighted by Gasteiger charge is -2.26. The minimum atomic E-state index is 0.414. The highest BCUT2D eigenvalue weighted by molar-refractivity contribution is 5.40. The Morgan fingerprint density at radius 2 is 1.95 bits per heavy atom. The molecule has 0 bridgehead atoms. The minimum Gasteiger partial charge on any atom is -0.354 e. The van der Waals surface area contributed by atoms with Crippen molar-refractivity contribution < 1.29 is 0 Å². The second-order valence-corrected chi connectivity index (χ2v) is 4.84. The largest absolute Gasteiger partial charge is 0.354 e. The summed E-state index contributed by atoms with van der Waals surface area (Å²) in [4.78, 5) is 19.7. The van der Waals surface area contributed by atoms with Crippen LogP contribution in [-0.4, -0.2) is 44.1 Å². The fraction of sp³-hybridized carbons (Fsp3) is 0.571. The van der Waals surface area contributed by atoms with Crippen molar-refractivity contribution in [2.45, 2.75) is 39.7 Å². The smallest absolute Gasteiger partial charge is 0.241 e. The SMILES string of the molecule is CCNc1nc(N(C)C(CC)CC)nc(-n2ccnc2)n1. The van der Waals surface area contributed by atoms with Gasteiger partial charge in [-0.05, 0) is 19.8 Å². The maximum atomic E-state index is 4.56. The Kier molecular flexibility index (Phi) is 5.08. The van der Waals surface area contributed by atoms with Crippen molar-refractivity contribution in [2.75, 3.05) is 23.8 Å². The third kappa shape index (κ3) is 3.48. The third-order valence-corrected chi connectivity index (χ3v) is 3.49. The van der Waals surface area contributed by atoms with Gasteiger partial charge in [-0.15, -0.1) is 0 Å². The quantitative estimate of drug-likeness (QED) is 0.841. The van der Waals surface area contributed by atoms with Gasteiger partial charge in [-0.3, -0.25) is 4.57 Å². The molecule has 0 fully saturated rings. The van der Waals surface area contributed by atoms with E-state index in [1.54, 1.807) is 17.1 Å². The predicted octanol–water partition coefficient (Wildman–Crippen LogP) is 2.11. The summed E-state index contributed by atoms with van der Waals surface area (Å²) in [5, 5.41) is 3.16. The molecule has 2 aromatic heterocycles. The van der Waals surface area contributed by atoms with Crippen molar-refractivity contribution in [3.05, 3.63) is 18.7 Å². The van der Waals surface area contributed by atoms with E-state index < -0.39 is 0 Å². The fourth-order valence-electron chi connectivity index (χ4n) is 2.24. The first-order valence-corrected chi connectivity index (χ1v) is 7.40. The number of nitrogens with one attached hydrogen (secondary N) is 1. The van der Waals surface area contributed by atoms with Crippen LogP contribution in [0.1, 0.15) is 33.6 Å². The molecular weight excluding hydrogens is 266 g/mol. The van der Waals surface area contributed by atoms with E-state index in [1.807, 2.05) is 20.2 Å². The maximum absolute atomic E-state index is 4.56. The highest BCUT2D eigenvalue weighted by Gasteiger charge is 2.16. The molecule has 114 valence electrons. The Hall–Kier alpha value is -2.18. The van der Waals surface area contributed by atoms with Gasteiger partial charge in [0.15, 0.2) is 0 Å². The molecule has 0 unspecified atom stereocenters. The molecule has 0 saturated carbocycles. The summed E-state index contributed by atoms with van der Waals surface area (Å²) in [7, 11) is 2.03. The van der Waals surface area contributed by atoms with Gasteiger partial charge < -0.3 is 10.2 Å². The van der Waals surface area contributed by atoms with Gasteiger partial charge in [0.05, 0.1) is 0 Å². The van der Waals surface area contributed by atoms with Gasteiger partial charge in [0.2, 0.25) is 17.8 Å². The zero-order valence-corrected chi connectivity index (χ0v) is 13.1. The average molecular weight is 289 g/mol. The molecule has 7 nitrogen and oxygen atoms in total. The summed E-state index contributed by atoms with van der Waals surface area (Å²) in [5.41, 5.74) is 0. The van der Waals surface area contributed by atoms with Crippen molar-refractivity contribution in [2.24, 2.45) is 0 Å². The summed E-state index contributed by atoms with van der Waals surface area (Å²) >= 11 is 0. The van der Waals surface area contributed by atoms with E-state index in [-0.39, 0.29) is 0 Å². The van der Waals surface area contributed by atoms with Gasteiger partial charge in [-0.25, -0.2) is 4.98 Å². The second kappa shape index (κ2) is 7.01. The predicted molar refractivity (Wildman–Crippen MR) is 83.9 cm³/mol. The van der Waals surface area contributed by atoms with Crippen molar-refractivity contribution in [1.82, 2.24) is 24.5 Å². The van der Waals surface area contributed by atoms with Crippen molar-refractivity contribution in [3.8, 4) is 5.95 Å². The Morgan fingerprint density at radius 1 is 1.19 bits per heavy atom. The van der Waals surface area contributed by atoms with E-state index in [9.17, 15) is 0 Å². The third-order valence-electron chi connectivity index (χ3n) is 3.49. The topological polar surface area (TPSA) is 71.8 Å². The monoisotopic (exact) mass is 289 g/mol. The molecule has 21 heavy (non-hydrogen) atoms. The van der Waals surface area contributed by atoms with Gasteiger partial charge in [0, 0.05) is 32.0 Å². The lowest BCUT2D eigenvalue weighted by molar-refractivity contribution is 0.579. The maximum Gasteiger partial charge on any atom is 0.241 e. The number of rotatable bonds is 7. The van der Waals surface area contributed by atoms with E-state index in [2.05, 4.69) is 44.0 Å². The van der Waals surface area contributed by atoms with E-state index in [4.69, 9.17) is 0 Å². The molecule has 1 N–H and O–H groups in total. The molecule has 0 aliphatic carbocycles. The summed E-state index contributed by atoms with van der Waals surface area (Å²) in [6, 6.07) is 0.414. The summed E-state index contributed by atoms with van der Waals surface area (Å²) in [5.74, 6) is 1.84. The minimum absolute atomic E-state index is 0.414. The lowest BCUT2D eigenvalue weighted by Crippen LogP contribution is -2.32. The van der Waals surface area contributed by atoms with Crippen LogP contribution in [0.2, 0.25) is 0 Å². The van der Waals surface area contributed by atoms with Gasteiger partial charge in [0.25, 0.3) is 0 Å². The fourth-order valence-corrected chi connectivity index (χ4v) is 2.24. The number of hydrogen-bond acceptors (Lipinski definition) is 6. The molecule has 0 aromatic carbocycles. The van der Waals surface area contributed by atoms with E-state index in [0.29, 0.717) is 23.9 Å². The van der Waals surface area contributed by atoms with Crippen LogP contribution in [0.25, 0.3) is 5.95 Å². The molecule has 7 heteroatoms. The van der Waals surface area contributed by atoms with E-state index in [0.717, 1.165) is 19.4 Å². The van der Waals surface area contributed by atoms with Crippen LogP contribution in [-0.2, 0) is 0 Å². The van der Waals surface area contributed by atoms with E-state index >= 15 is 0 Å². The molecule has 2 aromatic rings. The van der Waals surface area contributed by atoms with Crippen LogP contribution in [0.5, 0.6) is 0 Å². The van der Waals surface area contributed by atoms with Crippen LogP contribution < -0.4 is 10.2 Å². The van der Waals surface area contributed by atoms with Gasteiger partial charge >= 0.3 is 0 Å². The average Bonchev–Trinajstić information content (AvgIpc) is 3.02. The van der Waals surface area contributed by atoms with Gasteiger partial charge in [-0.1, -0.05) is 13.8 Å². The summed E-state index contributed by atoms with van der Waals surface area (Å²) in [6.07, 6.45) is 7.32. The van der Waals surface area contributed by atoms with Gasteiger partial charge in [-0.2, -0.15) is 15.0 Å². The molecule has 0 atom stereocenters. The molecule has 0 amide bonds. The van der Waals surface area contributed by atoms with Gasteiger partial charge in [0.1, 0.15) is 6.33 Å². The van der Waals surface area contributed by atoms with Crippen LogP contribution in [0, 0.1) is 0 Å². The highest BCUT2D eigenvalue weighted by atomic mass is 15.3. The van der Waals surface area contributed by atoms with Crippen molar-refractivity contribution >= 4 is 11.9 Å². The van der Waals surface area contributed by atoms with Crippen LogP contribution in [0.4, 0.5) is 11.9 Å². The zero-order chi connectivity index (χ0) is 15.2. The Bertz CT molecular complexity index is 548. The summed E-state index contributed by atoms with van der Waals surface area (Å²) < 4.78 is 1.78. The molecule has 0 aliphatic rings. The molecular formula is C14H23N7. The second-order valence-electron chi connectivity index (χ2n) is 4.84. The number of anilines is 2. The molecule has 2 heterocycles. The van der Waals surface area contributed by atoms with Crippen LogP contribution >= 0.6 is 0 Å². The molecule has 0 aliphatic heterocycles. The first-order chi connectivity index (χ1) is 10.2. The molecule has 0 radical (unpaired) electrons. The first-order valence-electron chi connectivity index (χ1n) is 7.40. The molecule has 0 saturated heterocycles. The van der Waals surface area contributed by atoms with Crippen molar-refractivity contribution in [1.29, 1.82) is 0 Å². The van der Waals surface area contributed by atoms with Crippen molar-refractivity contribution in [3.63, 3.8) is 0 Å². The number of aromatic nitrogens is 5. The highest BCUT2D eigenvalue weighted by Crippen LogP contribution is 2.17. The normalized spacial score (nSPS) is 10.9. The zero-order valence-electron chi connectivity index (χ0n) is 13.1. The van der Waals surface area contributed by atoms with Crippen LogP contribution in [0.3, 0.4) is 0 Å². The lowest BCUT2D eigenvalue weighted by atomic mass is 10.1. The standard InChI is InChI=1S/C14H23N7/c1-5-11(6-2)20(4)13-17-12(16-7-3)18-14(19-13)21-9-8-15-10-21/h8-11H,5-7H2,1-4H3,(H,16,17,18,19). The number of hydrogen-bond donors (Lipinski definition) is 1. The summed E-state index contributed by atoms with van der Waals surface area (Å²) in [6.45, 7) is 7.13. The Balaban J connectivity index is 2.40. The number of imidazole rings is 1. The van der Waals surface area contributed by atoms with Crippen LogP contribution in [0.15, 0.2) is 18.7 Å². The Labute approximate surface area is 125 Å².